The molecular formula is C11H9ClN2O2. The van der Waals surface area contributed by atoms with Crippen molar-refractivity contribution in [3.63, 3.8) is 0 Å². The molecule has 16 heavy (non-hydrogen) atoms. The number of carbonyl (C=O) groups excluding carboxylic acids is 1. The predicted molar refractivity (Wildman–Crippen MR) is 61.0 cm³/mol. The lowest BCUT2D eigenvalue weighted by Crippen LogP contribution is -2.14. The van der Waals surface area contributed by atoms with Gasteiger partial charge in [0.2, 0.25) is 0 Å². The number of amides is 1. The van der Waals surface area contributed by atoms with Gasteiger partial charge >= 0.3 is 0 Å². The number of anilines is 1. The van der Waals surface area contributed by atoms with Crippen LogP contribution >= 0.6 is 11.6 Å². The first-order valence-corrected chi connectivity index (χ1v) is 4.79. The van der Waals surface area contributed by atoms with E-state index in [0.717, 1.165) is 0 Å². The third kappa shape index (κ3) is 3.01. The van der Waals surface area contributed by atoms with Crippen LogP contribution in [0, 0.1) is 11.3 Å². The maximum atomic E-state index is 11.5. The number of nitrogens with zero attached hydrogens (tertiary/aromatic N) is 1. The molecule has 0 unspecified atom stereocenters. The summed E-state index contributed by atoms with van der Waals surface area (Å²) in [7, 11) is 0. The van der Waals surface area contributed by atoms with Crippen LogP contribution in [0.15, 0.2) is 35.6 Å². The van der Waals surface area contributed by atoms with Gasteiger partial charge < -0.3 is 10.4 Å². The quantitative estimate of drug-likeness (QED) is 0.471. The van der Waals surface area contributed by atoms with Gasteiger partial charge in [-0.25, -0.2) is 0 Å². The molecule has 1 aromatic rings. The van der Waals surface area contributed by atoms with Crippen LogP contribution in [0.2, 0.25) is 5.02 Å². The number of carbonyl (C=O) groups is 1. The van der Waals surface area contributed by atoms with Crippen LogP contribution in [0.3, 0.4) is 0 Å². The van der Waals surface area contributed by atoms with Crippen molar-refractivity contribution >= 4 is 23.2 Å². The first kappa shape index (κ1) is 12.1. The number of nitrogens with one attached hydrogen (secondary N) is 1. The van der Waals surface area contributed by atoms with Crippen molar-refractivity contribution in [2.75, 3.05) is 5.32 Å². The molecule has 5 heteroatoms. The lowest BCUT2D eigenvalue weighted by Gasteiger charge is -2.04. The molecule has 0 saturated carbocycles. The predicted octanol–water partition coefficient (Wildman–Crippen LogP) is 2.63. The molecule has 0 atom stereocenters. The molecule has 4 nitrogen and oxygen atoms in total. The zero-order chi connectivity index (χ0) is 12.1. The van der Waals surface area contributed by atoms with Crippen molar-refractivity contribution in [3.8, 4) is 6.07 Å². The zero-order valence-corrected chi connectivity index (χ0v) is 9.25. The van der Waals surface area contributed by atoms with Gasteiger partial charge in [-0.05, 0) is 25.1 Å². The fourth-order valence-electron chi connectivity index (χ4n) is 1.06. The van der Waals surface area contributed by atoms with E-state index in [9.17, 15) is 4.79 Å². The number of nitriles is 1. The lowest BCUT2D eigenvalue weighted by atomic mass is 10.2. The Balaban J connectivity index is 2.88. The number of rotatable bonds is 2. The summed E-state index contributed by atoms with van der Waals surface area (Å²) >= 11 is 5.73. The van der Waals surface area contributed by atoms with Gasteiger partial charge in [-0.15, -0.1) is 0 Å². The molecule has 0 aromatic heterocycles. The summed E-state index contributed by atoms with van der Waals surface area (Å²) in [5, 5.41) is 20.7. The average molecular weight is 237 g/mol. The molecule has 0 aliphatic carbocycles. The van der Waals surface area contributed by atoms with Crippen LogP contribution < -0.4 is 5.32 Å². The molecule has 1 rings (SSSR count). The second kappa shape index (κ2) is 5.19. The van der Waals surface area contributed by atoms with Gasteiger partial charge in [0.05, 0.1) is 0 Å². The van der Waals surface area contributed by atoms with Crippen LogP contribution in [0.25, 0.3) is 0 Å². The molecule has 2 N–H and O–H groups in total. The number of benzene rings is 1. The highest BCUT2D eigenvalue weighted by atomic mass is 35.5. The molecule has 1 aromatic carbocycles. The van der Waals surface area contributed by atoms with Crippen molar-refractivity contribution in [2.45, 2.75) is 6.92 Å². The summed E-state index contributed by atoms with van der Waals surface area (Å²) in [5.41, 5.74) is 0.145. The SMILES string of the molecule is C/C(O)=C(\C#N)C(=O)Nc1cccc(Cl)c1. The average Bonchev–Trinajstić information content (AvgIpc) is 2.17. The van der Waals surface area contributed by atoms with Gasteiger partial charge in [0.1, 0.15) is 11.8 Å². The van der Waals surface area contributed by atoms with Crippen molar-refractivity contribution < 1.29 is 9.90 Å². The monoisotopic (exact) mass is 236 g/mol. The Morgan fingerprint density at radius 2 is 2.25 bits per heavy atom. The Morgan fingerprint density at radius 3 is 2.75 bits per heavy atom. The first-order valence-electron chi connectivity index (χ1n) is 4.41. The maximum Gasteiger partial charge on any atom is 0.269 e. The minimum atomic E-state index is -0.662. The zero-order valence-electron chi connectivity index (χ0n) is 8.49. The Labute approximate surface area is 97.8 Å². The largest absolute Gasteiger partial charge is 0.511 e. The topological polar surface area (TPSA) is 73.1 Å². The number of halogens is 1. The van der Waals surface area contributed by atoms with E-state index in [-0.39, 0.29) is 11.3 Å². The third-order valence-corrected chi connectivity index (χ3v) is 2.02. The molecule has 82 valence electrons. The normalized spacial score (nSPS) is 11.3. The molecule has 0 bridgehead atoms. The molecule has 0 fully saturated rings. The molecular weight excluding hydrogens is 228 g/mol. The van der Waals surface area contributed by atoms with Crippen molar-refractivity contribution in [1.82, 2.24) is 0 Å². The van der Waals surface area contributed by atoms with E-state index >= 15 is 0 Å². The molecule has 0 radical (unpaired) electrons. The maximum absolute atomic E-state index is 11.5. The Morgan fingerprint density at radius 1 is 1.56 bits per heavy atom. The molecule has 1 amide bonds. The molecule has 0 heterocycles. The first-order chi connectivity index (χ1) is 7.54. The highest BCUT2D eigenvalue weighted by Crippen LogP contribution is 2.15. The Bertz CT molecular complexity index is 485. The Kier molecular flexibility index (Phi) is 3.92. The lowest BCUT2D eigenvalue weighted by molar-refractivity contribution is -0.112. The van der Waals surface area contributed by atoms with Crippen molar-refractivity contribution in [2.24, 2.45) is 0 Å². The van der Waals surface area contributed by atoms with E-state index in [2.05, 4.69) is 5.32 Å². The van der Waals surface area contributed by atoms with E-state index < -0.39 is 5.91 Å². The van der Waals surface area contributed by atoms with Crippen LogP contribution in [0.4, 0.5) is 5.69 Å². The highest BCUT2D eigenvalue weighted by Gasteiger charge is 2.12. The van der Waals surface area contributed by atoms with E-state index in [4.69, 9.17) is 22.0 Å². The van der Waals surface area contributed by atoms with Gasteiger partial charge in [-0.2, -0.15) is 5.26 Å². The van der Waals surface area contributed by atoms with E-state index in [1.807, 2.05) is 0 Å². The summed E-state index contributed by atoms with van der Waals surface area (Å²) in [6.07, 6.45) is 0. The number of hydrogen-bond acceptors (Lipinski definition) is 3. The molecule has 0 spiro atoms. The molecule has 0 aliphatic heterocycles. The Hall–Kier alpha value is -1.99. The smallest absolute Gasteiger partial charge is 0.269 e. The highest BCUT2D eigenvalue weighted by molar-refractivity contribution is 6.31. The van der Waals surface area contributed by atoms with E-state index in [0.29, 0.717) is 10.7 Å². The molecule has 0 aliphatic rings. The standard InChI is InChI=1S/C11H9ClN2O2/c1-7(15)10(6-13)11(16)14-9-4-2-3-8(12)5-9/h2-5,15H,1H3,(H,14,16)/b10-7-. The fourth-order valence-corrected chi connectivity index (χ4v) is 1.25. The van der Waals surface area contributed by atoms with Gasteiger partial charge in [0, 0.05) is 10.7 Å². The van der Waals surface area contributed by atoms with E-state index in [1.54, 1.807) is 30.3 Å². The number of aliphatic hydroxyl groups is 1. The summed E-state index contributed by atoms with van der Waals surface area (Å²) < 4.78 is 0. The van der Waals surface area contributed by atoms with E-state index in [1.165, 1.54) is 6.92 Å². The van der Waals surface area contributed by atoms with Crippen molar-refractivity contribution in [3.05, 3.63) is 40.6 Å². The minimum Gasteiger partial charge on any atom is -0.511 e. The van der Waals surface area contributed by atoms with Gasteiger partial charge in [-0.1, -0.05) is 17.7 Å². The molecule has 0 saturated heterocycles. The van der Waals surface area contributed by atoms with Gasteiger partial charge in [-0.3, -0.25) is 4.79 Å². The second-order valence-electron chi connectivity index (χ2n) is 3.04. The summed E-state index contributed by atoms with van der Waals surface area (Å²) in [6, 6.07) is 8.12. The van der Waals surface area contributed by atoms with Crippen LogP contribution in [-0.4, -0.2) is 11.0 Å². The summed E-state index contributed by atoms with van der Waals surface area (Å²) in [5.74, 6) is -0.980. The third-order valence-electron chi connectivity index (χ3n) is 1.78. The second-order valence-corrected chi connectivity index (χ2v) is 3.47. The van der Waals surface area contributed by atoms with Gasteiger partial charge in [0.15, 0.2) is 5.57 Å². The summed E-state index contributed by atoms with van der Waals surface area (Å²) in [6.45, 7) is 1.27. The van der Waals surface area contributed by atoms with Crippen molar-refractivity contribution in [1.29, 1.82) is 5.26 Å². The fraction of sp³-hybridized carbons (Fsp3) is 0.0909. The minimum absolute atomic E-state index is 0.318. The van der Waals surface area contributed by atoms with Gasteiger partial charge in [0.25, 0.3) is 5.91 Å². The van der Waals surface area contributed by atoms with Crippen LogP contribution in [-0.2, 0) is 4.79 Å². The summed E-state index contributed by atoms with van der Waals surface area (Å²) in [4.78, 5) is 11.5. The number of hydrogen-bond donors (Lipinski definition) is 2. The van der Waals surface area contributed by atoms with Crippen LogP contribution in [0.1, 0.15) is 6.92 Å². The number of allylic oxidation sites excluding steroid dienone is 1. The van der Waals surface area contributed by atoms with Crippen LogP contribution in [0.5, 0.6) is 0 Å². The number of aliphatic hydroxyl groups excluding tert-OH is 1.